The summed E-state index contributed by atoms with van der Waals surface area (Å²) in [6, 6.07) is 17.6. The zero-order valence-electron chi connectivity index (χ0n) is 17.6. The van der Waals surface area contributed by atoms with Crippen LogP contribution in [0.2, 0.25) is 0 Å². The highest BCUT2D eigenvalue weighted by molar-refractivity contribution is 5.96. The molecular weight excluding hydrogens is 429 g/mol. The van der Waals surface area contributed by atoms with Gasteiger partial charge in [-0.25, -0.2) is 13.2 Å². The maximum Gasteiger partial charge on any atom is 0.251 e. The minimum Gasteiger partial charge on any atom is -0.457 e. The number of aromatic nitrogens is 1. The second-order valence-electron chi connectivity index (χ2n) is 7.35. The Balaban J connectivity index is 1.52. The third-order valence-electron chi connectivity index (χ3n) is 5.01. The molecule has 1 heterocycles. The van der Waals surface area contributed by atoms with Crippen LogP contribution in [0.25, 0.3) is 11.3 Å². The molecule has 0 bridgehead atoms. The van der Waals surface area contributed by atoms with Crippen molar-refractivity contribution in [2.75, 3.05) is 0 Å². The number of nitrogens with one attached hydrogen (secondary N) is 1. The van der Waals surface area contributed by atoms with E-state index >= 15 is 0 Å². The van der Waals surface area contributed by atoms with Crippen molar-refractivity contribution >= 4 is 5.91 Å². The summed E-state index contributed by atoms with van der Waals surface area (Å²) in [6.45, 7) is 1.69. The molecule has 7 heteroatoms. The molecule has 4 aromatic rings. The number of carbonyl (C=O) groups is 1. The van der Waals surface area contributed by atoms with E-state index < -0.39 is 23.4 Å². The van der Waals surface area contributed by atoms with Gasteiger partial charge in [0.05, 0.1) is 5.69 Å². The van der Waals surface area contributed by atoms with E-state index in [1.807, 2.05) is 0 Å². The molecule has 1 amide bonds. The highest BCUT2D eigenvalue weighted by atomic mass is 19.1. The summed E-state index contributed by atoms with van der Waals surface area (Å²) >= 11 is 0. The maximum atomic E-state index is 14.1. The smallest absolute Gasteiger partial charge is 0.251 e. The zero-order valence-corrected chi connectivity index (χ0v) is 17.6. The highest BCUT2D eigenvalue weighted by Gasteiger charge is 2.14. The van der Waals surface area contributed by atoms with Crippen LogP contribution in [0.1, 0.15) is 21.5 Å². The van der Waals surface area contributed by atoms with Crippen molar-refractivity contribution in [3.63, 3.8) is 0 Å². The van der Waals surface area contributed by atoms with E-state index in [4.69, 9.17) is 4.74 Å². The third kappa shape index (κ3) is 5.20. The van der Waals surface area contributed by atoms with Gasteiger partial charge in [0.25, 0.3) is 5.91 Å². The molecule has 0 fully saturated rings. The molecule has 0 spiro atoms. The number of nitrogens with zero attached hydrogens (tertiary/aromatic N) is 1. The van der Waals surface area contributed by atoms with E-state index in [0.717, 1.165) is 18.2 Å². The number of pyridine rings is 1. The fraction of sp³-hybridized carbons (Fsp3) is 0.0769. The summed E-state index contributed by atoms with van der Waals surface area (Å²) in [4.78, 5) is 16.9. The van der Waals surface area contributed by atoms with Gasteiger partial charge in [-0.3, -0.25) is 9.78 Å². The number of hydrogen-bond acceptors (Lipinski definition) is 3. The van der Waals surface area contributed by atoms with Gasteiger partial charge in [-0.15, -0.1) is 0 Å². The van der Waals surface area contributed by atoms with Gasteiger partial charge in [0.1, 0.15) is 29.0 Å². The average molecular weight is 448 g/mol. The first kappa shape index (κ1) is 22.1. The SMILES string of the molecule is Cc1c(Oc2ccnc(-c3ccccc3F)c2)cccc1C(=O)NCc1cc(F)cc(F)c1. The number of amides is 1. The van der Waals surface area contributed by atoms with E-state index in [1.54, 1.807) is 55.5 Å². The Hall–Kier alpha value is -4.13. The van der Waals surface area contributed by atoms with Crippen molar-refractivity contribution in [2.24, 2.45) is 0 Å². The molecular formula is C26H19F3N2O2. The molecule has 4 rings (SSSR count). The molecule has 3 aromatic carbocycles. The summed E-state index contributed by atoms with van der Waals surface area (Å²) < 4.78 is 46.8. The molecule has 4 nitrogen and oxygen atoms in total. The van der Waals surface area contributed by atoms with Crippen LogP contribution in [0, 0.1) is 24.4 Å². The molecule has 0 saturated heterocycles. The number of rotatable bonds is 6. The molecule has 0 saturated carbocycles. The predicted octanol–water partition coefficient (Wildman–Crippen LogP) is 6.20. The molecule has 0 radical (unpaired) electrons. The Morgan fingerprint density at radius 2 is 1.70 bits per heavy atom. The van der Waals surface area contributed by atoms with Crippen molar-refractivity contribution in [3.8, 4) is 22.8 Å². The van der Waals surface area contributed by atoms with Crippen LogP contribution in [-0.4, -0.2) is 10.9 Å². The van der Waals surface area contributed by atoms with Crippen LogP contribution in [0.15, 0.2) is 79.0 Å². The van der Waals surface area contributed by atoms with Crippen LogP contribution >= 0.6 is 0 Å². The summed E-state index contributed by atoms with van der Waals surface area (Å²) in [5, 5.41) is 2.66. The van der Waals surface area contributed by atoms with Crippen molar-refractivity contribution in [2.45, 2.75) is 13.5 Å². The molecule has 1 aromatic heterocycles. The van der Waals surface area contributed by atoms with Gasteiger partial charge in [-0.2, -0.15) is 0 Å². The lowest BCUT2D eigenvalue weighted by Crippen LogP contribution is -2.23. The molecule has 33 heavy (non-hydrogen) atoms. The fourth-order valence-electron chi connectivity index (χ4n) is 3.38. The second kappa shape index (κ2) is 9.56. The van der Waals surface area contributed by atoms with Gasteiger partial charge in [-0.1, -0.05) is 18.2 Å². The Bertz CT molecular complexity index is 1300. The lowest BCUT2D eigenvalue weighted by atomic mass is 10.1. The van der Waals surface area contributed by atoms with Crippen molar-refractivity contribution < 1.29 is 22.7 Å². The third-order valence-corrected chi connectivity index (χ3v) is 5.01. The van der Waals surface area contributed by atoms with E-state index in [0.29, 0.717) is 39.4 Å². The van der Waals surface area contributed by atoms with E-state index in [-0.39, 0.29) is 6.54 Å². The van der Waals surface area contributed by atoms with Crippen LogP contribution in [0.3, 0.4) is 0 Å². The number of carbonyl (C=O) groups excluding carboxylic acids is 1. The average Bonchev–Trinajstić information content (AvgIpc) is 2.79. The fourth-order valence-corrected chi connectivity index (χ4v) is 3.38. The standard InChI is InChI=1S/C26H19F3N2O2/c1-16-21(26(32)31-15-17-11-18(27)13-19(28)12-17)6-4-8-25(16)33-20-9-10-30-24(14-20)22-5-2-3-7-23(22)29/h2-14H,15H2,1H3,(H,31,32). The largest absolute Gasteiger partial charge is 0.457 e. The maximum absolute atomic E-state index is 14.1. The Kier molecular flexibility index (Phi) is 6.40. The van der Waals surface area contributed by atoms with Gasteiger partial charge < -0.3 is 10.1 Å². The van der Waals surface area contributed by atoms with Gasteiger partial charge >= 0.3 is 0 Å². The van der Waals surface area contributed by atoms with E-state index in [2.05, 4.69) is 10.3 Å². The number of hydrogen-bond donors (Lipinski definition) is 1. The first-order valence-electron chi connectivity index (χ1n) is 10.1. The molecule has 1 N–H and O–H groups in total. The van der Waals surface area contributed by atoms with Crippen LogP contribution in [0.4, 0.5) is 13.2 Å². The lowest BCUT2D eigenvalue weighted by Gasteiger charge is -2.13. The normalized spacial score (nSPS) is 10.7. The van der Waals surface area contributed by atoms with E-state index in [1.165, 1.54) is 12.3 Å². The highest BCUT2D eigenvalue weighted by Crippen LogP contribution is 2.30. The van der Waals surface area contributed by atoms with Crippen molar-refractivity contribution in [3.05, 3.63) is 113 Å². The minimum atomic E-state index is -0.710. The molecule has 166 valence electrons. The summed E-state index contributed by atoms with van der Waals surface area (Å²) in [5.74, 6) is -1.36. The van der Waals surface area contributed by atoms with Gasteiger partial charge in [-0.05, 0) is 55.0 Å². The molecule has 0 aliphatic rings. The van der Waals surface area contributed by atoms with Crippen LogP contribution < -0.4 is 10.1 Å². The predicted molar refractivity (Wildman–Crippen MR) is 118 cm³/mol. The number of ether oxygens (including phenoxy) is 1. The van der Waals surface area contributed by atoms with E-state index in [9.17, 15) is 18.0 Å². The first-order chi connectivity index (χ1) is 15.9. The minimum absolute atomic E-state index is 0.0333. The summed E-state index contributed by atoms with van der Waals surface area (Å²) in [6.07, 6.45) is 1.52. The van der Waals surface area contributed by atoms with Gasteiger partial charge in [0, 0.05) is 41.6 Å². The van der Waals surface area contributed by atoms with Crippen molar-refractivity contribution in [1.29, 1.82) is 0 Å². The van der Waals surface area contributed by atoms with Gasteiger partial charge in [0.2, 0.25) is 0 Å². The quantitative estimate of drug-likeness (QED) is 0.382. The summed E-state index contributed by atoms with van der Waals surface area (Å²) in [7, 11) is 0. The van der Waals surface area contributed by atoms with Crippen molar-refractivity contribution in [1.82, 2.24) is 10.3 Å². The molecule has 0 unspecified atom stereocenters. The topological polar surface area (TPSA) is 51.2 Å². The monoisotopic (exact) mass is 448 g/mol. The Labute approximate surface area is 188 Å². The Morgan fingerprint density at radius 1 is 0.939 bits per heavy atom. The molecule has 0 aliphatic carbocycles. The zero-order chi connectivity index (χ0) is 23.4. The summed E-state index contributed by atoms with van der Waals surface area (Å²) in [5.41, 5.74) is 2.00. The van der Waals surface area contributed by atoms with Crippen LogP contribution in [-0.2, 0) is 6.54 Å². The second-order valence-corrected chi connectivity index (χ2v) is 7.35. The molecule has 0 aliphatic heterocycles. The van der Waals surface area contributed by atoms with Gasteiger partial charge in [0.15, 0.2) is 0 Å². The first-order valence-corrected chi connectivity index (χ1v) is 10.1. The number of benzene rings is 3. The molecule has 0 atom stereocenters. The number of halogens is 3. The Morgan fingerprint density at radius 3 is 2.45 bits per heavy atom. The lowest BCUT2D eigenvalue weighted by molar-refractivity contribution is 0.0950. The van der Waals surface area contributed by atoms with Crippen LogP contribution in [0.5, 0.6) is 11.5 Å².